The highest BCUT2D eigenvalue weighted by atomic mass is 16.5. The van der Waals surface area contributed by atoms with Gasteiger partial charge in [0.15, 0.2) is 5.75 Å². The van der Waals surface area contributed by atoms with Gasteiger partial charge in [0, 0.05) is 0 Å². The van der Waals surface area contributed by atoms with Gasteiger partial charge < -0.3 is 4.74 Å². The molecule has 0 aromatic heterocycles. The molecule has 20 heavy (non-hydrogen) atoms. The molecule has 3 heteroatoms. The second kappa shape index (κ2) is 6.15. The predicted molar refractivity (Wildman–Crippen MR) is 81.6 cm³/mol. The zero-order valence-corrected chi connectivity index (χ0v) is 11.5. The molecule has 0 radical (unpaired) electrons. The van der Waals surface area contributed by atoms with Crippen molar-refractivity contribution in [3.63, 3.8) is 0 Å². The summed E-state index contributed by atoms with van der Waals surface area (Å²) in [6.07, 6.45) is 6.97. The predicted octanol–water partition coefficient (Wildman–Crippen LogP) is 2.80. The number of rotatable bonds is 5. The molecule has 0 amide bonds. The lowest BCUT2D eigenvalue weighted by atomic mass is 10.1. The first kappa shape index (κ1) is 14.0. The first-order valence-electron chi connectivity index (χ1n) is 6.49. The van der Waals surface area contributed by atoms with E-state index in [1.54, 1.807) is 12.2 Å². The van der Waals surface area contributed by atoms with E-state index < -0.39 is 10.9 Å². The average molecular weight is 268 g/mol. The van der Waals surface area contributed by atoms with Crippen LogP contribution in [-0.4, -0.2) is 6.10 Å². The van der Waals surface area contributed by atoms with Crippen molar-refractivity contribution in [1.29, 1.82) is 0 Å². The van der Waals surface area contributed by atoms with Gasteiger partial charge >= 0.3 is 0 Å². The summed E-state index contributed by atoms with van der Waals surface area (Å²) in [5, 5.41) is 0. The summed E-state index contributed by atoms with van der Waals surface area (Å²) in [5.74, 6) is 0.175. The molecule has 0 aliphatic heterocycles. The number of benzene rings is 1. The van der Waals surface area contributed by atoms with E-state index in [1.165, 1.54) is 0 Å². The number of hydrogen-bond donors (Lipinski definition) is 0. The van der Waals surface area contributed by atoms with Gasteiger partial charge in [0.05, 0.1) is 11.7 Å². The van der Waals surface area contributed by atoms with Crippen LogP contribution in [0, 0.1) is 0 Å². The molecular formula is C17H16O3. The highest BCUT2D eigenvalue weighted by Crippen LogP contribution is 2.14. The van der Waals surface area contributed by atoms with Gasteiger partial charge in [0.1, 0.15) is 0 Å². The van der Waals surface area contributed by atoms with Gasteiger partial charge in [-0.25, -0.2) is 0 Å². The summed E-state index contributed by atoms with van der Waals surface area (Å²) in [6.45, 7) is 3.64. The van der Waals surface area contributed by atoms with Crippen LogP contribution in [0.5, 0.6) is 5.75 Å². The third-order valence-electron chi connectivity index (χ3n) is 2.72. The summed E-state index contributed by atoms with van der Waals surface area (Å²) >= 11 is 0. The van der Waals surface area contributed by atoms with E-state index in [9.17, 15) is 9.59 Å². The molecule has 0 saturated carbocycles. The summed E-state index contributed by atoms with van der Waals surface area (Å²) in [4.78, 5) is 22.8. The van der Waals surface area contributed by atoms with Crippen LogP contribution in [0.4, 0.5) is 0 Å². The lowest BCUT2D eigenvalue weighted by molar-refractivity contribution is 0.236. The molecule has 0 fully saturated rings. The SMILES string of the molecule is CC(C)Oc1c(/C=C/C=C/c2ccccc2)c(=O)c1=O. The summed E-state index contributed by atoms with van der Waals surface area (Å²) < 4.78 is 5.33. The zero-order valence-electron chi connectivity index (χ0n) is 11.5. The van der Waals surface area contributed by atoms with Gasteiger partial charge in [0.25, 0.3) is 5.43 Å². The lowest BCUT2D eigenvalue weighted by Gasteiger charge is -2.12. The standard InChI is InChI=1S/C17H16O3/c1-12(2)20-17-14(15(18)16(17)19)11-7-6-10-13-8-4-3-5-9-13/h3-12H,1-2H3/b10-6+,11-7+. The van der Waals surface area contributed by atoms with E-state index in [4.69, 9.17) is 4.74 Å². The average Bonchev–Trinajstić information content (AvgIpc) is 2.46. The van der Waals surface area contributed by atoms with Crippen LogP contribution >= 0.6 is 0 Å². The Balaban J connectivity index is 2.09. The molecular weight excluding hydrogens is 252 g/mol. The fourth-order valence-corrected chi connectivity index (χ4v) is 1.78. The molecule has 0 N–H and O–H groups in total. The smallest absolute Gasteiger partial charge is 0.268 e. The molecule has 0 bridgehead atoms. The Morgan fingerprint density at radius 3 is 2.25 bits per heavy atom. The maximum Gasteiger partial charge on any atom is 0.268 e. The third-order valence-corrected chi connectivity index (χ3v) is 2.72. The van der Waals surface area contributed by atoms with Crippen LogP contribution in [0.1, 0.15) is 25.0 Å². The van der Waals surface area contributed by atoms with E-state index in [-0.39, 0.29) is 11.9 Å². The van der Waals surface area contributed by atoms with Crippen molar-refractivity contribution >= 4 is 12.2 Å². The first-order valence-corrected chi connectivity index (χ1v) is 6.49. The highest BCUT2D eigenvalue weighted by Gasteiger charge is 2.20. The molecule has 0 unspecified atom stereocenters. The minimum atomic E-state index is -0.537. The maximum atomic E-state index is 11.5. The van der Waals surface area contributed by atoms with Gasteiger partial charge in [-0.15, -0.1) is 0 Å². The van der Waals surface area contributed by atoms with Gasteiger partial charge in [-0.3, -0.25) is 9.59 Å². The zero-order chi connectivity index (χ0) is 14.5. The van der Waals surface area contributed by atoms with Crippen molar-refractivity contribution in [2.75, 3.05) is 0 Å². The second-order valence-corrected chi connectivity index (χ2v) is 4.70. The fraction of sp³-hybridized carbons (Fsp3) is 0.176. The Labute approximate surface area is 117 Å². The van der Waals surface area contributed by atoms with Gasteiger partial charge in [-0.05, 0) is 25.5 Å². The number of allylic oxidation sites excluding steroid dienone is 2. The highest BCUT2D eigenvalue weighted by molar-refractivity contribution is 5.64. The topological polar surface area (TPSA) is 43.4 Å². The Morgan fingerprint density at radius 2 is 1.60 bits per heavy atom. The van der Waals surface area contributed by atoms with Crippen molar-refractivity contribution < 1.29 is 4.74 Å². The molecule has 0 aliphatic carbocycles. The van der Waals surface area contributed by atoms with Crippen LogP contribution in [0.2, 0.25) is 0 Å². The first-order chi connectivity index (χ1) is 9.59. The quantitative estimate of drug-likeness (QED) is 0.618. The van der Waals surface area contributed by atoms with Gasteiger partial charge in [0.2, 0.25) is 5.43 Å². The van der Waals surface area contributed by atoms with Crippen molar-refractivity contribution in [3.05, 3.63) is 74.1 Å². The summed E-state index contributed by atoms with van der Waals surface area (Å²) in [5.41, 5.74) is 0.401. The van der Waals surface area contributed by atoms with E-state index in [0.717, 1.165) is 5.56 Å². The van der Waals surface area contributed by atoms with Crippen LogP contribution in [0.3, 0.4) is 0 Å². The summed E-state index contributed by atoms with van der Waals surface area (Å²) in [7, 11) is 0. The normalized spacial score (nSPS) is 11.9. The van der Waals surface area contributed by atoms with Crippen LogP contribution < -0.4 is 15.6 Å². The number of hydrogen-bond acceptors (Lipinski definition) is 3. The molecule has 0 saturated heterocycles. The van der Waals surface area contributed by atoms with Crippen molar-refractivity contribution in [2.45, 2.75) is 20.0 Å². The minimum Gasteiger partial charge on any atom is -0.486 e. The molecule has 0 aliphatic rings. The van der Waals surface area contributed by atoms with E-state index >= 15 is 0 Å². The Morgan fingerprint density at radius 1 is 0.950 bits per heavy atom. The minimum absolute atomic E-state index is 0.120. The van der Waals surface area contributed by atoms with E-state index in [0.29, 0.717) is 5.56 Å². The molecule has 2 rings (SSSR count). The molecule has 0 atom stereocenters. The van der Waals surface area contributed by atoms with Gasteiger partial charge in [-0.2, -0.15) is 0 Å². The number of ether oxygens (including phenoxy) is 1. The molecule has 0 spiro atoms. The molecule has 102 valence electrons. The largest absolute Gasteiger partial charge is 0.486 e. The Bertz CT molecular complexity index is 699. The van der Waals surface area contributed by atoms with Crippen molar-refractivity contribution in [3.8, 4) is 5.75 Å². The fourth-order valence-electron chi connectivity index (χ4n) is 1.78. The van der Waals surface area contributed by atoms with Crippen molar-refractivity contribution in [2.24, 2.45) is 0 Å². The Hall–Kier alpha value is -2.42. The molecule has 0 heterocycles. The van der Waals surface area contributed by atoms with Crippen LogP contribution in [0.25, 0.3) is 12.2 Å². The molecule has 3 nitrogen and oxygen atoms in total. The van der Waals surface area contributed by atoms with E-state index in [1.807, 2.05) is 56.3 Å². The lowest BCUT2D eigenvalue weighted by Crippen LogP contribution is -2.36. The van der Waals surface area contributed by atoms with Crippen LogP contribution in [-0.2, 0) is 0 Å². The molecule has 2 aromatic carbocycles. The maximum absolute atomic E-state index is 11.5. The Kier molecular flexibility index (Phi) is 4.31. The second-order valence-electron chi connectivity index (χ2n) is 4.70. The van der Waals surface area contributed by atoms with E-state index in [2.05, 4.69) is 0 Å². The monoisotopic (exact) mass is 268 g/mol. The third kappa shape index (κ3) is 3.12. The van der Waals surface area contributed by atoms with Crippen LogP contribution in [0.15, 0.2) is 52.1 Å². The van der Waals surface area contributed by atoms with Gasteiger partial charge in [-0.1, -0.05) is 48.6 Å². The molecule has 2 aromatic rings. The van der Waals surface area contributed by atoms with Crippen molar-refractivity contribution in [1.82, 2.24) is 0 Å². The summed E-state index contributed by atoms with van der Waals surface area (Å²) in [6, 6.07) is 9.82.